The first kappa shape index (κ1) is 13.8. The van der Waals surface area contributed by atoms with Crippen LogP contribution in [-0.2, 0) is 4.74 Å². The van der Waals surface area contributed by atoms with Crippen molar-refractivity contribution in [2.45, 2.75) is 38.8 Å². The number of hydrogen-bond donors (Lipinski definition) is 1. The lowest BCUT2D eigenvalue weighted by Gasteiger charge is -2.33. The monoisotopic (exact) mass is 315 g/mol. The summed E-state index contributed by atoms with van der Waals surface area (Å²) in [4.78, 5) is 0. The first-order valence-corrected chi connectivity index (χ1v) is 7.19. The van der Waals surface area contributed by atoms with E-state index in [2.05, 4.69) is 35.1 Å². The van der Waals surface area contributed by atoms with Gasteiger partial charge in [-0.15, -0.1) is 0 Å². The van der Waals surface area contributed by atoms with Crippen LogP contribution in [-0.4, -0.2) is 18.8 Å². The van der Waals surface area contributed by atoms with E-state index in [4.69, 9.17) is 4.74 Å². The van der Waals surface area contributed by atoms with Crippen molar-refractivity contribution >= 4 is 21.6 Å². The normalized spacial score (nSPS) is 24.3. The predicted octanol–water partition coefficient (Wildman–Crippen LogP) is 4.20. The summed E-state index contributed by atoms with van der Waals surface area (Å²) in [7, 11) is 0. The van der Waals surface area contributed by atoms with Crippen molar-refractivity contribution in [3.05, 3.63) is 28.5 Å². The van der Waals surface area contributed by atoms with Gasteiger partial charge in [-0.25, -0.2) is 4.39 Å². The standard InChI is InChI=1S/C14H19BrFNO/c1-9(2)13-8-10(6-7-18-13)17-14-11(15)4-3-5-12(14)16/h3-5,9-10,13,17H,6-8H2,1-2H3. The van der Waals surface area contributed by atoms with Gasteiger partial charge in [0, 0.05) is 17.1 Å². The molecule has 0 aliphatic carbocycles. The van der Waals surface area contributed by atoms with Gasteiger partial charge >= 0.3 is 0 Å². The van der Waals surface area contributed by atoms with Crippen molar-refractivity contribution in [1.82, 2.24) is 0 Å². The Balaban J connectivity index is 2.05. The Hall–Kier alpha value is -0.610. The van der Waals surface area contributed by atoms with E-state index >= 15 is 0 Å². The molecule has 2 rings (SSSR count). The first-order chi connectivity index (χ1) is 8.58. The smallest absolute Gasteiger partial charge is 0.147 e. The van der Waals surface area contributed by atoms with Crippen LogP contribution in [0.5, 0.6) is 0 Å². The lowest BCUT2D eigenvalue weighted by molar-refractivity contribution is -0.0161. The van der Waals surface area contributed by atoms with Crippen LogP contribution in [0, 0.1) is 11.7 Å². The molecular formula is C14H19BrFNO. The van der Waals surface area contributed by atoms with Crippen molar-refractivity contribution in [1.29, 1.82) is 0 Å². The summed E-state index contributed by atoms with van der Waals surface area (Å²) in [6.07, 6.45) is 2.12. The number of rotatable bonds is 3. The molecule has 1 aromatic carbocycles. The average molecular weight is 316 g/mol. The lowest BCUT2D eigenvalue weighted by Crippen LogP contribution is -2.36. The zero-order chi connectivity index (χ0) is 13.1. The van der Waals surface area contributed by atoms with E-state index in [1.165, 1.54) is 6.07 Å². The second-order valence-electron chi connectivity index (χ2n) is 5.12. The van der Waals surface area contributed by atoms with Gasteiger partial charge in [0.15, 0.2) is 0 Å². The molecule has 0 aromatic heterocycles. The van der Waals surface area contributed by atoms with Gasteiger partial charge in [-0.05, 0) is 46.8 Å². The lowest BCUT2D eigenvalue weighted by atomic mass is 9.95. The highest BCUT2D eigenvalue weighted by molar-refractivity contribution is 9.10. The second-order valence-corrected chi connectivity index (χ2v) is 5.97. The molecule has 1 heterocycles. The highest BCUT2D eigenvalue weighted by Crippen LogP contribution is 2.29. The van der Waals surface area contributed by atoms with Crippen LogP contribution < -0.4 is 5.32 Å². The number of anilines is 1. The molecule has 1 saturated heterocycles. The van der Waals surface area contributed by atoms with E-state index < -0.39 is 0 Å². The number of para-hydroxylation sites is 1. The zero-order valence-corrected chi connectivity index (χ0v) is 12.3. The van der Waals surface area contributed by atoms with Gasteiger partial charge in [-0.2, -0.15) is 0 Å². The molecule has 18 heavy (non-hydrogen) atoms. The minimum atomic E-state index is -0.211. The number of halogens is 2. The molecule has 1 N–H and O–H groups in total. The second kappa shape index (κ2) is 6.02. The van der Waals surface area contributed by atoms with Crippen LogP contribution in [0.3, 0.4) is 0 Å². The Labute approximate surface area is 116 Å². The average Bonchev–Trinajstić information content (AvgIpc) is 2.34. The van der Waals surface area contributed by atoms with E-state index in [9.17, 15) is 4.39 Å². The molecule has 1 aliphatic rings. The third kappa shape index (κ3) is 3.23. The van der Waals surface area contributed by atoms with Gasteiger partial charge in [-0.1, -0.05) is 19.9 Å². The summed E-state index contributed by atoms with van der Waals surface area (Å²) in [5, 5.41) is 3.30. The van der Waals surface area contributed by atoms with E-state index in [1.54, 1.807) is 6.07 Å². The maximum atomic E-state index is 13.7. The Morgan fingerprint density at radius 3 is 2.89 bits per heavy atom. The van der Waals surface area contributed by atoms with Crippen LogP contribution in [0.4, 0.5) is 10.1 Å². The summed E-state index contributed by atoms with van der Waals surface area (Å²) in [5.41, 5.74) is 0.562. The molecule has 1 fully saturated rings. The molecule has 1 aliphatic heterocycles. The first-order valence-electron chi connectivity index (χ1n) is 6.40. The van der Waals surface area contributed by atoms with Crippen LogP contribution >= 0.6 is 15.9 Å². The number of nitrogens with one attached hydrogen (secondary N) is 1. The molecule has 0 bridgehead atoms. The predicted molar refractivity (Wildman–Crippen MR) is 75.3 cm³/mol. The van der Waals surface area contributed by atoms with Crippen LogP contribution in [0.2, 0.25) is 0 Å². The maximum absolute atomic E-state index is 13.7. The molecule has 2 unspecified atom stereocenters. The summed E-state index contributed by atoms with van der Waals surface area (Å²) >= 11 is 3.38. The summed E-state index contributed by atoms with van der Waals surface area (Å²) < 4.78 is 20.2. The minimum absolute atomic E-state index is 0.211. The fourth-order valence-electron chi connectivity index (χ4n) is 2.26. The summed E-state index contributed by atoms with van der Waals surface area (Å²) in [5.74, 6) is 0.288. The quantitative estimate of drug-likeness (QED) is 0.902. The zero-order valence-electron chi connectivity index (χ0n) is 10.7. The minimum Gasteiger partial charge on any atom is -0.379 e. The fraction of sp³-hybridized carbons (Fsp3) is 0.571. The Morgan fingerprint density at radius 1 is 1.44 bits per heavy atom. The van der Waals surface area contributed by atoms with Gasteiger partial charge in [-0.3, -0.25) is 0 Å². The molecule has 0 radical (unpaired) electrons. The summed E-state index contributed by atoms with van der Waals surface area (Å²) in [6.45, 7) is 5.06. The molecule has 0 saturated carbocycles. The highest BCUT2D eigenvalue weighted by Gasteiger charge is 2.25. The maximum Gasteiger partial charge on any atom is 0.147 e. The third-order valence-corrected chi connectivity index (χ3v) is 4.03. The SMILES string of the molecule is CC(C)C1CC(Nc2c(F)cccc2Br)CCO1. The van der Waals surface area contributed by atoms with Crippen molar-refractivity contribution < 1.29 is 9.13 Å². The molecule has 4 heteroatoms. The van der Waals surface area contributed by atoms with Crippen LogP contribution in [0.25, 0.3) is 0 Å². The van der Waals surface area contributed by atoms with Crippen LogP contribution in [0.1, 0.15) is 26.7 Å². The van der Waals surface area contributed by atoms with Gasteiger partial charge in [0.25, 0.3) is 0 Å². The third-order valence-electron chi connectivity index (χ3n) is 3.37. The van der Waals surface area contributed by atoms with E-state index in [1.807, 2.05) is 6.07 Å². The van der Waals surface area contributed by atoms with E-state index in [-0.39, 0.29) is 18.0 Å². The number of benzene rings is 1. The van der Waals surface area contributed by atoms with Crippen molar-refractivity contribution in [3.8, 4) is 0 Å². The molecule has 2 atom stereocenters. The summed E-state index contributed by atoms with van der Waals surface area (Å²) in [6, 6.07) is 5.31. The molecular weight excluding hydrogens is 297 g/mol. The topological polar surface area (TPSA) is 21.3 Å². The van der Waals surface area contributed by atoms with Crippen molar-refractivity contribution in [2.75, 3.05) is 11.9 Å². The van der Waals surface area contributed by atoms with Gasteiger partial charge in [0.2, 0.25) is 0 Å². The molecule has 2 nitrogen and oxygen atoms in total. The van der Waals surface area contributed by atoms with Gasteiger partial charge in [0.05, 0.1) is 11.8 Å². The highest BCUT2D eigenvalue weighted by atomic mass is 79.9. The van der Waals surface area contributed by atoms with Crippen molar-refractivity contribution in [2.24, 2.45) is 5.92 Å². The van der Waals surface area contributed by atoms with Gasteiger partial charge < -0.3 is 10.1 Å². The molecule has 0 amide bonds. The van der Waals surface area contributed by atoms with E-state index in [0.29, 0.717) is 11.6 Å². The Bertz CT molecular complexity index is 391. The number of hydrogen-bond acceptors (Lipinski definition) is 2. The molecule has 0 spiro atoms. The Kier molecular flexibility index (Phi) is 4.62. The molecule has 100 valence electrons. The Morgan fingerprint density at radius 2 is 2.22 bits per heavy atom. The van der Waals surface area contributed by atoms with E-state index in [0.717, 1.165) is 23.9 Å². The van der Waals surface area contributed by atoms with Crippen LogP contribution in [0.15, 0.2) is 22.7 Å². The number of ether oxygens (including phenoxy) is 1. The largest absolute Gasteiger partial charge is 0.379 e. The van der Waals surface area contributed by atoms with Crippen molar-refractivity contribution in [3.63, 3.8) is 0 Å². The fourth-order valence-corrected chi connectivity index (χ4v) is 2.72. The van der Waals surface area contributed by atoms with Gasteiger partial charge in [0.1, 0.15) is 5.82 Å². The molecule has 1 aromatic rings.